The number of hydrogen-bond donors (Lipinski definition) is 1. The van der Waals surface area contributed by atoms with Gasteiger partial charge in [-0.2, -0.15) is 5.10 Å². The molecule has 0 saturated carbocycles. The lowest BCUT2D eigenvalue weighted by Gasteiger charge is -2.06. The Morgan fingerprint density at radius 1 is 1.20 bits per heavy atom. The van der Waals surface area contributed by atoms with Crippen molar-refractivity contribution >= 4 is 0 Å². The number of rotatable bonds is 2. The topological polar surface area (TPSA) is 38.0 Å². The molecule has 78 valence electrons. The number of hydrogen-bond acceptors (Lipinski definition) is 2. The van der Waals surface area contributed by atoms with Crippen LogP contribution in [0, 0.1) is 6.92 Å². The fourth-order valence-electron chi connectivity index (χ4n) is 1.46. The Labute approximate surface area is 89.0 Å². The van der Waals surface area contributed by atoms with Gasteiger partial charge in [-0.25, -0.2) is 4.68 Å². The average Bonchev–Trinajstić information content (AvgIpc) is 2.65. The van der Waals surface area contributed by atoms with Gasteiger partial charge in [-0.1, -0.05) is 12.1 Å². The molecule has 15 heavy (non-hydrogen) atoms. The highest BCUT2D eigenvalue weighted by molar-refractivity contribution is 5.34. The molecule has 1 aromatic carbocycles. The van der Waals surface area contributed by atoms with Crippen molar-refractivity contribution in [3.8, 4) is 5.69 Å². The van der Waals surface area contributed by atoms with Gasteiger partial charge in [0.1, 0.15) is 0 Å². The van der Waals surface area contributed by atoms with Gasteiger partial charge in [0.25, 0.3) is 0 Å². The number of nitrogens with zero attached hydrogens (tertiary/aromatic N) is 2. The van der Waals surface area contributed by atoms with Gasteiger partial charge >= 0.3 is 0 Å². The van der Waals surface area contributed by atoms with Gasteiger partial charge in [-0.3, -0.25) is 0 Å². The van der Waals surface area contributed by atoms with Crippen LogP contribution in [0.1, 0.15) is 24.3 Å². The molecule has 0 fully saturated rings. The predicted octanol–water partition coefficient (Wildman–Crippen LogP) is 2.23. The van der Waals surface area contributed by atoms with Crippen molar-refractivity contribution in [2.45, 2.75) is 20.0 Å². The first kappa shape index (κ1) is 9.93. The summed E-state index contributed by atoms with van der Waals surface area (Å²) in [6.07, 6.45) is 1.51. The Hall–Kier alpha value is -1.61. The first-order chi connectivity index (χ1) is 7.16. The molecule has 3 nitrogen and oxygen atoms in total. The zero-order valence-electron chi connectivity index (χ0n) is 8.88. The second-order valence-corrected chi connectivity index (χ2v) is 3.67. The molecule has 2 rings (SSSR count). The van der Waals surface area contributed by atoms with Gasteiger partial charge in [0, 0.05) is 6.20 Å². The normalized spacial score (nSPS) is 12.7. The molecule has 3 heteroatoms. The van der Waals surface area contributed by atoms with Crippen molar-refractivity contribution in [2.75, 3.05) is 0 Å². The maximum Gasteiger partial charge on any atom is 0.0761 e. The van der Waals surface area contributed by atoms with Gasteiger partial charge in [0.15, 0.2) is 0 Å². The lowest BCUT2D eigenvalue weighted by molar-refractivity contribution is 0.199. The summed E-state index contributed by atoms with van der Waals surface area (Å²) in [4.78, 5) is 0. The Morgan fingerprint density at radius 2 is 1.87 bits per heavy atom. The number of aliphatic hydroxyl groups excluding tert-OH is 1. The third-order valence-electron chi connectivity index (χ3n) is 2.36. The van der Waals surface area contributed by atoms with Crippen LogP contribution < -0.4 is 0 Å². The Bertz CT molecular complexity index is 443. The van der Waals surface area contributed by atoms with Gasteiger partial charge in [-0.15, -0.1) is 0 Å². The molecule has 0 aliphatic heterocycles. The van der Waals surface area contributed by atoms with Crippen LogP contribution in [0.4, 0.5) is 0 Å². The van der Waals surface area contributed by atoms with Crippen molar-refractivity contribution in [3.05, 3.63) is 47.8 Å². The molecule has 0 bridgehead atoms. The monoisotopic (exact) mass is 202 g/mol. The van der Waals surface area contributed by atoms with E-state index in [2.05, 4.69) is 5.10 Å². The van der Waals surface area contributed by atoms with Gasteiger partial charge in [0.05, 0.1) is 17.5 Å². The van der Waals surface area contributed by atoms with Crippen molar-refractivity contribution in [1.82, 2.24) is 9.78 Å². The highest BCUT2D eigenvalue weighted by Crippen LogP contribution is 2.14. The standard InChI is InChI=1S/C12H14N2O/c1-9-7-8-14(13-9)12-5-3-11(4-6-12)10(2)15/h3-8,10,15H,1-2H3/t10-/m1/s1. The second kappa shape index (κ2) is 3.87. The predicted molar refractivity (Wildman–Crippen MR) is 58.9 cm³/mol. The summed E-state index contributed by atoms with van der Waals surface area (Å²) >= 11 is 0. The Morgan fingerprint density at radius 3 is 2.33 bits per heavy atom. The molecular formula is C12H14N2O. The highest BCUT2D eigenvalue weighted by atomic mass is 16.3. The van der Waals surface area contributed by atoms with Crippen molar-refractivity contribution in [2.24, 2.45) is 0 Å². The van der Waals surface area contributed by atoms with Crippen molar-refractivity contribution in [3.63, 3.8) is 0 Å². The summed E-state index contributed by atoms with van der Waals surface area (Å²) in [5, 5.41) is 13.7. The molecule has 0 saturated heterocycles. The molecule has 0 amide bonds. The van der Waals surface area contributed by atoms with E-state index >= 15 is 0 Å². The summed E-state index contributed by atoms with van der Waals surface area (Å²) in [5.74, 6) is 0. The molecule has 0 aliphatic rings. The zero-order chi connectivity index (χ0) is 10.8. The summed E-state index contributed by atoms with van der Waals surface area (Å²) in [5.41, 5.74) is 2.92. The Balaban J connectivity index is 2.31. The third kappa shape index (κ3) is 2.07. The van der Waals surface area contributed by atoms with Crippen molar-refractivity contribution in [1.29, 1.82) is 0 Å². The lowest BCUT2D eigenvalue weighted by atomic mass is 10.1. The smallest absolute Gasteiger partial charge is 0.0761 e. The SMILES string of the molecule is Cc1ccn(-c2ccc([C@@H](C)O)cc2)n1. The largest absolute Gasteiger partial charge is 0.389 e. The summed E-state index contributed by atoms with van der Waals surface area (Å²) < 4.78 is 1.82. The fraction of sp³-hybridized carbons (Fsp3) is 0.250. The van der Waals surface area contributed by atoms with Crippen LogP contribution in [0.3, 0.4) is 0 Å². The third-order valence-corrected chi connectivity index (χ3v) is 2.36. The van der Waals surface area contributed by atoms with Gasteiger partial charge < -0.3 is 5.11 Å². The maximum atomic E-state index is 9.37. The molecule has 2 aromatic rings. The van der Waals surface area contributed by atoms with E-state index in [9.17, 15) is 5.11 Å². The van der Waals surface area contributed by atoms with E-state index in [4.69, 9.17) is 0 Å². The summed E-state index contributed by atoms with van der Waals surface area (Å²) in [6, 6.07) is 9.69. The number of benzene rings is 1. The molecule has 1 atom stereocenters. The first-order valence-corrected chi connectivity index (χ1v) is 4.97. The highest BCUT2D eigenvalue weighted by Gasteiger charge is 2.01. The molecule has 0 radical (unpaired) electrons. The maximum absolute atomic E-state index is 9.37. The van der Waals surface area contributed by atoms with E-state index in [-0.39, 0.29) is 0 Å². The molecule has 0 aliphatic carbocycles. The lowest BCUT2D eigenvalue weighted by Crippen LogP contribution is -1.96. The van der Waals surface area contributed by atoms with Crippen LogP contribution >= 0.6 is 0 Å². The van der Waals surface area contributed by atoms with Crippen LogP contribution in [0.5, 0.6) is 0 Å². The molecular weight excluding hydrogens is 188 g/mol. The van der Waals surface area contributed by atoms with Crippen LogP contribution in [0.15, 0.2) is 36.5 Å². The molecule has 1 heterocycles. The van der Waals surface area contributed by atoms with Gasteiger partial charge in [0.2, 0.25) is 0 Å². The second-order valence-electron chi connectivity index (χ2n) is 3.67. The quantitative estimate of drug-likeness (QED) is 0.811. The van der Waals surface area contributed by atoms with E-state index < -0.39 is 6.10 Å². The minimum atomic E-state index is -0.418. The number of aryl methyl sites for hydroxylation is 1. The number of aromatic nitrogens is 2. The van der Waals surface area contributed by atoms with E-state index in [0.717, 1.165) is 16.9 Å². The minimum absolute atomic E-state index is 0.418. The average molecular weight is 202 g/mol. The van der Waals surface area contributed by atoms with E-state index in [0.29, 0.717) is 0 Å². The van der Waals surface area contributed by atoms with Crippen LogP contribution in [0.2, 0.25) is 0 Å². The Kier molecular flexibility index (Phi) is 2.56. The van der Waals surface area contributed by atoms with Gasteiger partial charge in [-0.05, 0) is 37.6 Å². The first-order valence-electron chi connectivity index (χ1n) is 4.97. The van der Waals surface area contributed by atoms with Crippen LogP contribution in [-0.2, 0) is 0 Å². The van der Waals surface area contributed by atoms with E-state index in [1.807, 2.05) is 48.1 Å². The molecule has 0 spiro atoms. The summed E-state index contributed by atoms with van der Waals surface area (Å²) in [7, 11) is 0. The fourth-order valence-corrected chi connectivity index (χ4v) is 1.46. The van der Waals surface area contributed by atoms with Crippen LogP contribution in [0.25, 0.3) is 5.69 Å². The summed E-state index contributed by atoms with van der Waals surface area (Å²) in [6.45, 7) is 3.72. The van der Waals surface area contributed by atoms with E-state index in [1.165, 1.54) is 0 Å². The van der Waals surface area contributed by atoms with Crippen LogP contribution in [-0.4, -0.2) is 14.9 Å². The van der Waals surface area contributed by atoms with Crippen molar-refractivity contribution < 1.29 is 5.11 Å². The minimum Gasteiger partial charge on any atom is -0.389 e. The van der Waals surface area contributed by atoms with E-state index in [1.54, 1.807) is 6.92 Å². The number of aliphatic hydroxyl groups is 1. The molecule has 0 unspecified atom stereocenters. The molecule has 1 N–H and O–H groups in total. The zero-order valence-corrected chi connectivity index (χ0v) is 8.88. The molecule has 1 aromatic heterocycles.